The zero-order valence-corrected chi connectivity index (χ0v) is 19.9. The van der Waals surface area contributed by atoms with Crippen LogP contribution in [0.25, 0.3) is 0 Å². The average molecular weight is 399 g/mol. The second-order valence-corrected chi connectivity index (χ2v) is 8.25. The summed E-state index contributed by atoms with van der Waals surface area (Å²) in [6.45, 7) is 21.6. The van der Waals surface area contributed by atoms with Crippen LogP contribution >= 0.6 is 0 Å². The van der Waals surface area contributed by atoms with Crippen LogP contribution in [0.3, 0.4) is 0 Å². The molecule has 29 heavy (non-hydrogen) atoms. The van der Waals surface area contributed by atoms with Crippen LogP contribution < -0.4 is 4.74 Å². The van der Waals surface area contributed by atoms with Gasteiger partial charge in [-0.1, -0.05) is 77.4 Å². The van der Waals surface area contributed by atoms with Crippen molar-refractivity contribution in [1.82, 2.24) is 0 Å². The zero-order valence-electron chi connectivity index (χ0n) is 19.9. The number of ether oxygens (including phenoxy) is 1. The number of rotatable bonds is 3. The molecule has 0 N–H and O–H groups in total. The third-order valence-corrected chi connectivity index (χ3v) is 5.12. The maximum absolute atomic E-state index is 10.8. The second-order valence-electron chi connectivity index (χ2n) is 8.25. The first-order valence-electron chi connectivity index (χ1n) is 10.8. The molecule has 2 aromatic rings. The van der Waals surface area contributed by atoms with Crippen molar-refractivity contribution in [2.75, 3.05) is 0 Å². The molecular formula is C27H39FO. The Bertz CT molecular complexity index is 842. The van der Waals surface area contributed by atoms with Crippen molar-refractivity contribution in [3.63, 3.8) is 0 Å². The van der Waals surface area contributed by atoms with Gasteiger partial charge in [-0.15, -0.1) is 0 Å². The maximum atomic E-state index is 10.8. The van der Waals surface area contributed by atoms with E-state index >= 15 is 0 Å². The summed E-state index contributed by atoms with van der Waals surface area (Å²) < 4.78 is 17.2. The van der Waals surface area contributed by atoms with Crippen LogP contribution in [-0.2, 0) is 11.8 Å². The molecule has 1 heterocycles. The summed E-state index contributed by atoms with van der Waals surface area (Å²) in [6.07, 6.45) is 3.63. The molecule has 0 aliphatic carbocycles. The Kier molecular flexibility index (Phi) is 9.14. The second kappa shape index (κ2) is 10.6. The molecule has 0 atom stereocenters. The Morgan fingerprint density at radius 1 is 0.966 bits per heavy atom. The number of hydrogen-bond acceptors (Lipinski definition) is 1. The summed E-state index contributed by atoms with van der Waals surface area (Å²) in [5, 5.41) is 0. The van der Waals surface area contributed by atoms with Gasteiger partial charge >= 0.3 is 0 Å². The summed E-state index contributed by atoms with van der Waals surface area (Å²) in [5.41, 5.74) is 7.86. The lowest BCUT2D eigenvalue weighted by Crippen LogP contribution is -2.25. The fourth-order valence-corrected chi connectivity index (χ4v) is 3.77. The number of fused-ring (bicyclic) bond motifs is 2. The minimum absolute atomic E-state index is 0.0211. The van der Waals surface area contributed by atoms with E-state index in [4.69, 9.17) is 4.74 Å². The molecular weight excluding hydrogens is 359 g/mol. The number of aryl methyl sites for hydroxylation is 4. The normalized spacial score (nSPS) is 12.9. The van der Waals surface area contributed by atoms with Crippen LogP contribution in [0.15, 0.2) is 36.7 Å². The van der Waals surface area contributed by atoms with E-state index in [1.165, 1.54) is 53.1 Å². The minimum atomic E-state index is -0.333. The van der Waals surface area contributed by atoms with E-state index in [0.717, 1.165) is 17.9 Å². The topological polar surface area (TPSA) is 9.23 Å². The number of allylic oxidation sites excluding steroid dienone is 1. The monoisotopic (exact) mass is 398 g/mol. The van der Waals surface area contributed by atoms with Crippen LogP contribution in [0, 0.1) is 20.8 Å². The lowest BCUT2D eigenvalue weighted by atomic mass is 9.73. The molecule has 3 rings (SSSR count). The van der Waals surface area contributed by atoms with Crippen molar-refractivity contribution >= 4 is 0 Å². The highest BCUT2D eigenvalue weighted by Gasteiger charge is 2.36. The van der Waals surface area contributed by atoms with Crippen molar-refractivity contribution in [1.29, 1.82) is 0 Å². The molecule has 0 spiro atoms. The van der Waals surface area contributed by atoms with Crippen LogP contribution in [0.2, 0.25) is 0 Å². The van der Waals surface area contributed by atoms with Gasteiger partial charge in [0.1, 0.15) is 11.5 Å². The van der Waals surface area contributed by atoms with Crippen molar-refractivity contribution < 1.29 is 9.13 Å². The van der Waals surface area contributed by atoms with Gasteiger partial charge in [0.2, 0.25) is 0 Å². The summed E-state index contributed by atoms with van der Waals surface area (Å²) in [4.78, 5) is 0. The van der Waals surface area contributed by atoms with Gasteiger partial charge in [-0.05, 0) is 57.2 Å². The van der Waals surface area contributed by atoms with Crippen molar-refractivity contribution in [3.05, 3.63) is 70.1 Å². The first-order chi connectivity index (χ1) is 13.6. The number of halogens is 1. The largest absolute Gasteiger partial charge is 0.456 e. The lowest BCUT2D eigenvalue weighted by Gasteiger charge is -2.37. The molecule has 2 heteroatoms. The van der Waals surface area contributed by atoms with Crippen molar-refractivity contribution in [3.8, 4) is 11.5 Å². The quantitative estimate of drug-likeness (QED) is 0.501. The van der Waals surface area contributed by atoms with Crippen LogP contribution in [0.5, 0.6) is 11.5 Å². The summed E-state index contributed by atoms with van der Waals surface area (Å²) in [7, 11) is 0. The molecule has 0 radical (unpaired) electrons. The van der Waals surface area contributed by atoms with E-state index < -0.39 is 0 Å². The van der Waals surface area contributed by atoms with Gasteiger partial charge in [-0.25, -0.2) is 4.39 Å². The zero-order chi connectivity index (χ0) is 22.4. The van der Waals surface area contributed by atoms with Crippen LogP contribution in [0.4, 0.5) is 4.39 Å². The third-order valence-electron chi connectivity index (χ3n) is 5.12. The smallest absolute Gasteiger partial charge is 0.134 e. The standard InChI is InChI=1S/C22H28O.C3H5F.C2H6/c1-7-8-9-17-12-16(4)21-19(13-17)22(5,6)18-11-14(2)10-15(3)20(18)23-21;1-3(2)4;1-2/h10-13H,7-9H2,1-6H3;1H2,2H3;1-2H3. The molecule has 1 nitrogen and oxygen atoms in total. The summed E-state index contributed by atoms with van der Waals surface area (Å²) >= 11 is 0. The third kappa shape index (κ3) is 5.95. The van der Waals surface area contributed by atoms with Gasteiger partial charge in [0.15, 0.2) is 0 Å². The Labute approximate surface area is 178 Å². The highest BCUT2D eigenvalue weighted by Crippen LogP contribution is 2.50. The van der Waals surface area contributed by atoms with E-state index in [9.17, 15) is 4.39 Å². The molecule has 160 valence electrons. The lowest BCUT2D eigenvalue weighted by molar-refractivity contribution is 0.411. The molecule has 0 aromatic heterocycles. The molecule has 0 amide bonds. The first-order valence-corrected chi connectivity index (χ1v) is 10.8. The Morgan fingerprint density at radius 2 is 1.45 bits per heavy atom. The highest BCUT2D eigenvalue weighted by molar-refractivity contribution is 5.62. The van der Waals surface area contributed by atoms with Gasteiger partial charge in [0.05, 0.1) is 5.83 Å². The molecule has 0 saturated heterocycles. The molecule has 1 aliphatic heterocycles. The molecule has 1 aliphatic rings. The van der Waals surface area contributed by atoms with Gasteiger partial charge < -0.3 is 4.74 Å². The molecule has 0 unspecified atom stereocenters. The molecule has 0 bridgehead atoms. The van der Waals surface area contributed by atoms with Crippen molar-refractivity contribution in [2.45, 2.75) is 87.0 Å². The number of benzene rings is 2. The Morgan fingerprint density at radius 3 is 1.97 bits per heavy atom. The molecule has 0 fully saturated rings. The van der Waals surface area contributed by atoms with E-state index in [2.05, 4.69) is 72.4 Å². The highest BCUT2D eigenvalue weighted by atomic mass is 19.1. The predicted octanol–water partition coefficient (Wildman–Crippen LogP) is 8.90. The van der Waals surface area contributed by atoms with E-state index in [1.54, 1.807) is 0 Å². The molecule has 0 saturated carbocycles. The number of unbranched alkanes of at least 4 members (excludes halogenated alkanes) is 1. The van der Waals surface area contributed by atoms with Gasteiger partial charge in [0.25, 0.3) is 0 Å². The van der Waals surface area contributed by atoms with E-state index in [-0.39, 0.29) is 11.2 Å². The minimum Gasteiger partial charge on any atom is -0.456 e. The maximum Gasteiger partial charge on any atom is 0.134 e. The molecule has 2 aromatic carbocycles. The summed E-state index contributed by atoms with van der Waals surface area (Å²) in [5.74, 6) is 1.78. The first kappa shape index (κ1) is 24.9. The van der Waals surface area contributed by atoms with Crippen LogP contribution in [-0.4, -0.2) is 0 Å². The fraction of sp³-hybridized carbons (Fsp3) is 0.481. The van der Waals surface area contributed by atoms with Gasteiger partial charge in [-0.3, -0.25) is 0 Å². The van der Waals surface area contributed by atoms with Gasteiger partial charge in [-0.2, -0.15) is 0 Å². The number of hydrogen-bond donors (Lipinski definition) is 0. The van der Waals surface area contributed by atoms with Crippen molar-refractivity contribution in [2.24, 2.45) is 0 Å². The van der Waals surface area contributed by atoms with Crippen LogP contribution in [0.1, 0.15) is 87.8 Å². The summed E-state index contributed by atoms with van der Waals surface area (Å²) in [6, 6.07) is 9.18. The van der Waals surface area contributed by atoms with E-state index in [1.807, 2.05) is 13.8 Å². The fourth-order valence-electron chi connectivity index (χ4n) is 3.77. The van der Waals surface area contributed by atoms with Gasteiger partial charge in [0, 0.05) is 16.5 Å². The predicted molar refractivity (Wildman–Crippen MR) is 125 cm³/mol. The SMILES string of the molecule is C=C(C)F.CC.CCCCc1cc(C)c2c(c1)C(C)(C)c1cc(C)cc(C)c1O2. The van der Waals surface area contributed by atoms with E-state index in [0.29, 0.717) is 0 Å². The Hall–Kier alpha value is -2.09. The Balaban J connectivity index is 0.000000627. The average Bonchev–Trinajstić information content (AvgIpc) is 2.63.